The highest BCUT2D eigenvalue weighted by Gasteiger charge is 2.28. The van der Waals surface area contributed by atoms with Gasteiger partial charge in [0.2, 0.25) is 5.91 Å². The van der Waals surface area contributed by atoms with Crippen LogP contribution in [0.1, 0.15) is 46.5 Å². The van der Waals surface area contributed by atoms with Crippen molar-refractivity contribution in [3.05, 3.63) is 0 Å². The van der Waals surface area contributed by atoms with Crippen molar-refractivity contribution in [1.29, 1.82) is 0 Å². The van der Waals surface area contributed by atoms with Gasteiger partial charge in [0.15, 0.2) is 0 Å². The maximum atomic E-state index is 11.7. The Balaban J connectivity index is 2.46. The number of nitrogens with one attached hydrogen (secondary N) is 1. The zero-order valence-electron chi connectivity index (χ0n) is 9.34. The number of hydrogen-bond acceptors (Lipinski definition) is 2. The van der Waals surface area contributed by atoms with E-state index >= 15 is 0 Å². The van der Waals surface area contributed by atoms with Gasteiger partial charge in [-0.2, -0.15) is 0 Å². The third-order valence-electron chi connectivity index (χ3n) is 2.73. The SMILES string of the molecule is CC(C)(C)C(=O)NC1CCCCC1O. The number of hydrogen-bond donors (Lipinski definition) is 2. The summed E-state index contributed by atoms with van der Waals surface area (Å²) in [5, 5.41) is 12.6. The molecule has 1 aliphatic rings. The molecule has 0 radical (unpaired) electrons. The van der Waals surface area contributed by atoms with E-state index in [1.54, 1.807) is 0 Å². The minimum atomic E-state index is -0.364. The smallest absolute Gasteiger partial charge is 0.225 e. The lowest BCUT2D eigenvalue weighted by Gasteiger charge is -2.30. The fraction of sp³-hybridized carbons (Fsp3) is 0.909. The van der Waals surface area contributed by atoms with Crippen LogP contribution in [0.15, 0.2) is 0 Å². The Bertz CT molecular complexity index is 208. The maximum Gasteiger partial charge on any atom is 0.225 e. The van der Waals surface area contributed by atoms with Gasteiger partial charge in [-0.3, -0.25) is 4.79 Å². The van der Waals surface area contributed by atoms with Crippen LogP contribution in [0.2, 0.25) is 0 Å². The molecule has 1 aliphatic carbocycles. The lowest BCUT2D eigenvalue weighted by molar-refractivity contribution is -0.130. The second kappa shape index (κ2) is 4.30. The number of rotatable bonds is 1. The first kappa shape index (κ1) is 11.5. The topological polar surface area (TPSA) is 49.3 Å². The third kappa shape index (κ3) is 2.98. The van der Waals surface area contributed by atoms with Gasteiger partial charge < -0.3 is 10.4 Å². The van der Waals surface area contributed by atoms with E-state index in [4.69, 9.17) is 0 Å². The molecule has 3 nitrogen and oxygen atoms in total. The Hall–Kier alpha value is -0.570. The summed E-state index contributed by atoms with van der Waals surface area (Å²) in [6, 6.07) is -0.0320. The molecule has 2 N–H and O–H groups in total. The van der Waals surface area contributed by atoms with Crippen LogP contribution in [0.4, 0.5) is 0 Å². The molecule has 0 aromatic rings. The highest BCUT2D eigenvalue weighted by Crippen LogP contribution is 2.20. The van der Waals surface area contributed by atoms with E-state index in [0.717, 1.165) is 25.7 Å². The molecule has 1 saturated carbocycles. The molecule has 14 heavy (non-hydrogen) atoms. The number of carbonyl (C=O) groups is 1. The molecule has 0 spiro atoms. The Morgan fingerprint density at radius 3 is 2.36 bits per heavy atom. The van der Waals surface area contributed by atoms with Crippen LogP contribution in [0.25, 0.3) is 0 Å². The van der Waals surface area contributed by atoms with Crippen molar-refractivity contribution in [3.63, 3.8) is 0 Å². The van der Waals surface area contributed by atoms with Crippen LogP contribution < -0.4 is 5.32 Å². The summed E-state index contributed by atoms with van der Waals surface area (Å²) in [6.07, 6.45) is 3.54. The van der Waals surface area contributed by atoms with Crippen LogP contribution in [0, 0.1) is 5.41 Å². The molecule has 0 bridgehead atoms. The lowest BCUT2D eigenvalue weighted by atomic mass is 9.90. The Morgan fingerprint density at radius 1 is 1.29 bits per heavy atom. The van der Waals surface area contributed by atoms with Crippen LogP contribution >= 0.6 is 0 Å². The average Bonchev–Trinajstić information content (AvgIpc) is 2.07. The molecule has 0 aromatic carbocycles. The Morgan fingerprint density at radius 2 is 1.86 bits per heavy atom. The van der Waals surface area contributed by atoms with Crippen molar-refractivity contribution in [1.82, 2.24) is 5.32 Å². The number of amides is 1. The number of aliphatic hydroxyl groups is 1. The Kier molecular flexibility index (Phi) is 3.53. The Labute approximate surface area is 85.9 Å². The van der Waals surface area contributed by atoms with Crippen molar-refractivity contribution in [2.24, 2.45) is 5.41 Å². The molecule has 0 aliphatic heterocycles. The van der Waals surface area contributed by atoms with E-state index < -0.39 is 0 Å². The lowest BCUT2D eigenvalue weighted by Crippen LogP contribution is -2.48. The normalized spacial score (nSPS) is 28.6. The largest absolute Gasteiger partial charge is 0.391 e. The summed E-state index contributed by atoms with van der Waals surface area (Å²) in [5.74, 6) is 0.0310. The monoisotopic (exact) mass is 199 g/mol. The first-order chi connectivity index (χ1) is 6.41. The minimum Gasteiger partial charge on any atom is -0.391 e. The van der Waals surface area contributed by atoms with E-state index in [2.05, 4.69) is 5.32 Å². The molecule has 0 saturated heterocycles. The molecular formula is C11H21NO2. The van der Waals surface area contributed by atoms with Gasteiger partial charge >= 0.3 is 0 Å². The summed E-state index contributed by atoms with van der Waals surface area (Å²) in [7, 11) is 0. The molecule has 82 valence electrons. The highest BCUT2D eigenvalue weighted by molar-refractivity contribution is 5.81. The minimum absolute atomic E-state index is 0.0310. The van der Waals surface area contributed by atoms with Gasteiger partial charge in [-0.25, -0.2) is 0 Å². The first-order valence-corrected chi connectivity index (χ1v) is 5.40. The van der Waals surface area contributed by atoms with Gasteiger partial charge in [-0.15, -0.1) is 0 Å². The second-order valence-electron chi connectivity index (χ2n) is 5.18. The van der Waals surface area contributed by atoms with Crippen molar-refractivity contribution in [2.45, 2.75) is 58.6 Å². The van der Waals surface area contributed by atoms with Crippen molar-refractivity contribution in [2.75, 3.05) is 0 Å². The fourth-order valence-corrected chi connectivity index (χ4v) is 1.66. The van der Waals surface area contributed by atoms with E-state index in [1.165, 1.54) is 0 Å². The number of aliphatic hydroxyl groups excluding tert-OH is 1. The molecule has 1 rings (SSSR count). The summed E-state index contributed by atoms with van der Waals surface area (Å²) >= 11 is 0. The predicted octanol–water partition coefficient (Wildman–Crippen LogP) is 1.45. The summed E-state index contributed by atoms with van der Waals surface area (Å²) < 4.78 is 0. The van der Waals surface area contributed by atoms with Gasteiger partial charge in [0.1, 0.15) is 0 Å². The van der Waals surface area contributed by atoms with Crippen LogP contribution in [-0.4, -0.2) is 23.2 Å². The van der Waals surface area contributed by atoms with Gasteiger partial charge in [-0.05, 0) is 12.8 Å². The quantitative estimate of drug-likeness (QED) is 0.671. The molecule has 2 unspecified atom stereocenters. The molecule has 0 aromatic heterocycles. The molecular weight excluding hydrogens is 178 g/mol. The fourth-order valence-electron chi connectivity index (χ4n) is 1.66. The molecule has 1 fully saturated rings. The van der Waals surface area contributed by atoms with Gasteiger partial charge in [0, 0.05) is 5.41 Å². The zero-order valence-corrected chi connectivity index (χ0v) is 9.34. The first-order valence-electron chi connectivity index (χ1n) is 5.40. The summed E-state index contributed by atoms with van der Waals surface area (Å²) in [4.78, 5) is 11.7. The van der Waals surface area contributed by atoms with Crippen LogP contribution in [0.5, 0.6) is 0 Å². The van der Waals surface area contributed by atoms with Crippen LogP contribution in [-0.2, 0) is 4.79 Å². The van der Waals surface area contributed by atoms with Gasteiger partial charge in [0.25, 0.3) is 0 Å². The number of carbonyl (C=O) groups excluding carboxylic acids is 1. The second-order valence-corrected chi connectivity index (χ2v) is 5.18. The zero-order chi connectivity index (χ0) is 10.8. The van der Waals surface area contributed by atoms with E-state index in [9.17, 15) is 9.90 Å². The summed E-state index contributed by atoms with van der Waals surface area (Å²) in [5.41, 5.74) is -0.364. The maximum absolute atomic E-state index is 11.7. The van der Waals surface area contributed by atoms with Crippen LogP contribution in [0.3, 0.4) is 0 Å². The van der Waals surface area contributed by atoms with E-state index in [-0.39, 0.29) is 23.5 Å². The molecule has 1 amide bonds. The average molecular weight is 199 g/mol. The van der Waals surface area contributed by atoms with E-state index in [1.807, 2.05) is 20.8 Å². The van der Waals surface area contributed by atoms with Gasteiger partial charge in [-0.1, -0.05) is 33.6 Å². The van der Waals surface area contributed by atoms with Crippen molar-refractivity contribution >= 4 is 5.91 Å². The molecule has 2 atom stereocenters. The predicted molar refractivity (Wildman–Crippen MR) is 55.9 cm³/mol. The van der Waals surface area contributed by atoms with Crippen molar-refractivity contribution < 1.29 is 9.90 Å². The van der Waals surface area contributed by atoms with E-state index in [0.29, 0.717) is 0 Å². The van der Waals surface area contributed by atoms with Gasteiger partial charge in [0.05, 0.1) is 12.1 Å². The third-order valence-corrected chi connectivity index (χ3v) is 2.73. The van der Waals surface area contributed by atoms with Crippen molar-refractivity contribution in [3.8, 4) is 0 Å². The molecule has 3 heteroatoms. The molecule has 0 heterocycles. The summed E-state index contributed by atoms with van der Waals surface area (Å²) in [6.45, 7) is 5.66. The standard InChI is InChI=1S/C11H21NO2/c1-11(2,3)10(14)12-8-6-4-5-7-9(8)13/h8-9,13H,4-7H2,1-3H3,(H,12,14). The highest BCUT2D eigenvalue weighted by atomic mass is 16.3.